The van der Waals surface area contributed by atoms with E-state index in [9.17, 15) is 4.79 Å². The minimum Gasteiger partial charge on any atom is -0.354 e. The summed E-state index contributed by atoms with van der Waals surface area (Å²) in [6.45, 7) is 2.70. The number of hydrogen-bond acceptors (Lipinski definition) is 2. The molecular weight excluding hydrogens is 140 g/mol. The number of rotatable bonds is 0. The Morgan fingerprint density at radius 1 is 1.78 bits per heavy atom. The SMILES string of the molecule is C[C@@H]1CNC(=O)[C@@H]1N.Cl. The predicted molar refractivity (Wildman–Crippen MR) is 37.4 cm³/mol. The molecular formula is C5H11ClN2O. The van der Waals surface area contributed by atoms with E-state index in [1.54, 1.807) is 0 Å². The number of amides is 1. The molecule has 0 aromatic heterocycles. The number of halogens is 1. The van der Waals surface area contributed by atoms with E-state index in [0.29, 0.717) is 5.92 Å². The number of nitrogens with two attached hydrogens (primary N) is 1. The second-order valence-corrected chi connectivity index (χ2v) is 2.25. The Morgan fingerprint density at radius 3 is 2.44 bits per heavy atom. The summed E-state index contributed by atoms with van der Waals surface area (Å²) in [7, 11) is 0. The molecule has 0 radical (unpaired) electrons. The smallest absolute Gasteiger partial charge is 0.237 e. The molecule has 1 saturated heterocycles. The van der Waals surface area contributed by atoms with Gasteiger partial charge in [-0.15, -0.1) is 12.4 Å². The largest absolute Gasteiger partial charge is 0.354 e. The van der Waals surface area contributed by atoms with Gasteiger partial charge < -0.3 is 11.1 Å². The molecule has 1 fully saturated rings. The lowest BCUT2D eigenvalue weighted by Crippen LogP contribution is -2.32. The van der Waals surface area contributed by atoms with Gasteiger partial charge >= 0.3 is 0 Å². The Labute approximate surface area is 60.4 Å². The summed E-state index contributed by atoms with van der Waals surface area (Å²) in [5, 5.41) is 2.66. The lowest BCUT2D eigenvalue weighted by Gasteiger charge is -2.01. The molecule has 2 atom stereocenters. The maximum Gasteiger partial charge on any atom is 0.237 e. The van der Waals surface area contributed by atoms with Crippen molar-refractivity contribution in [2.75, 3.05) is 6.54 Å². The highest BCUT2D eigenvalue weighted by Gasteiger charge is 2.26. The summed E-state index contributed by atoms with van der Waals surface area (Å²) in [5.41, 5.74) is 5.41. The molecule has 3 N–H and O–H groups in total. The van der Waals surface area contributed by atoms with Crippen LogP contribution >= 0.6 is 12.4 Å². The van der Waals surface area contributed by atoms with Crippen molar-refractivity contribution < 1.29 is 4.79 Å². The molecule has 54 valence electrons. The minimum atomic E-state index is -0.269. The van der Waals surface area contributed by atoms with Gasteiger partial charge in [0.05, 0.1) is 6.04 Å². The molecule has 0 spiro atoms. The van der Waals surface area contributed by atoms with Crippen molar-refractivity contribution in [2.24, 2.45) is 11.7 Å². The van der Waals surface area contributed by atoms with Crippen molar-refractivity contribution in [1.29, 1.82) is 0 Å². The van der Waals surface area contributed by atoms with E-state index in [0.717, 1.165) is 6.54 Å². The zero-order chi connectivity index (χ0) is 6.15. The minimum absolute atomic E-state index is 0. The highest BCUT2D eigenvalue weighted by molar-refractivity contribution is 5.85. The second-order valence-electron chi connectivity index (χ2n) is 2.25. The average Bonchev–Trinajstić information content (AvgIpc) is 1.98. The standard InChI is InChI=1S/C5H10N2O.ClH/c1-3-2-7-5(8)4(3)6;/h3-4H,2,6H2,1H3,(H,7,8);1H/t3-,4-;/m1./s1. The molecule has 1 aliphatic rings. The first-order chi connectivity index (χ1) is 3.72. The average molecular weight is 151 g/mol. The molecule has 9 heavy (non-hydrogen) atoms. The molecule has 1 aliphatic heterocycles. The Balaban J connectivity index is 0.000000640. The number of hydrogen-bond donors (Lipinski definition) is 2. The summed E-state index contributed by atoms with van der Waals surface area (Å²) in [5.74, 6) is 0.292. The van der Waals surface area contributed by atoms with Gasteiger partial charge in [-0.05, 0) is 5.92 Å². The van der Waals surface area contributed by atoms with Crippen LogP contribution in [-0.4, -0.2) is 18.5 Å². The third-order valence-corrected chi connectivity index (χ3v) is 1.51. The van der Waals surface area contributed by atoms with Gasteiger partial charge in [-0.1, -0.05) is 6.92 Å². The topological polar surface area (TPSA) is 55.1 Å². The molecule has 3 nitrogen and oxygen atoms in total. The molecule has 1 rings (SSSR count). The van der Waals surface area contributed by atoms with Crippen LogP contribution in [0.1, 0.15) is 6.92 Å². The highest BCUT2D eigenvalue weighted by Crippen LogP contribution is 2.04. The molecule has 0 bridgehead atoms. The molecule has 1 heterocycles. The third kappa shape index (κ3) is 1.56. The monoisotopic (exact) mass is 150 g/mol. The van der Waals surface area contributed by atoms with Gasteiger partial charge in [-0.3, -0.25) is 4.79 Å². The Morgan fingerprint density at radius 2 is 2.33 bits per heavy atom. The fourth-order valence-electron chi connectivity index (χ4n) is 0.765. The fourth-order valence-corrected chi connectivity index (χ4v) is 0.765. The predicted octanol–water partition coefficient (Wildman–Crippen LogP) is -0.499. The lowest BCUT2D eigenvalue weighted by atomic mass is 10.1. The lowest BCUT2D eigenvalue weighted by molar-refractivity contribution is -0.120. The van der Waals surface area contributed by atoms with E-state index >= 15 is 0 Å². The first-order valence-electron chi connectivity index (χ1n) is 2.75. The van der Waals surface area contributed by atoms with Gasteiger partial charge in [0.15, 0.2) is 0 Å². The second kappa shape index (κ2) is 3.03. The van der Waals surface area contributed by atoms with Crippen LogP contribution in [0.2, 0.25) is 0 Å². The number of carbonyl (C=O) groups excluding carboxylic acids is 1. The molecule has 1 amide bonds. The van der Waals surface area contributed by atoms with Gasteiger partial charge in [0, 0.05) is 6.54 Å². The van der Waals surface area contributed by atoms with Gasteiger partial charge in [-0.2, -0.15) is 0 Å². The fraction of sp³-hybridized carbons (Fsp3) is 0.800. The van der Waals surface area contributed by atoms with E-state index < -0.39 is 0 Å². The maximum absolute atomic E-state index is 10.5. The highest BCUT2D eigenvalue weighted by atomic mass is 35.5. The van der Waals surface area contributed by atoms with E-state index in [1.165, 1.54) is 0 Å². The van der Waals surface area contributed by atoms with Crippen LogP contribution in [0, 0.1) is 5.92 Å². The van der Waals surface area contributed by atoms with Crippen LogP contribution in [0.4, 0.5) is 0 Å². The van der Waals surface area contributed by atoms with E-state index in [1.807, 2.05) is 6.92 Å². The van der Waals surface area contributed by atoms with Crippen LogP contribution in [0.25, 0.3) is 0 Å². The van der Waals surface area contributed by atoms with E-state index in [2.05, 4.69) is 5.32 Å². The number of carbonyl (C=O) groups is 1. The normalized spacial score (nSPS) is 33.3. The van der Waals surface area contributed by atoms with E-state index in [-0.39, 0.29) is 24.4 Å². The number of nitrogens with one attached hydrogen (secondary N) is 1. The van der Waals surface area contributed by atoms with Crippen molar-refractivity contribution in [3.8, 4) is 0 Å². The third-order valence-electron chi connectivity index (χ3n) is 1.51. The Bertz CT molecular complexity index is 118. The molecule has 0 unspecified atom stereocenters. The van der Waals surface area contributed by atoms with Crippen LogP contribution < -0.4 is 11.1 Å². The van der Waals surface area contributed by atoms with Crippen LogP contribution in [0.15, 0.2) is 0 Å². The van der Waals surface area contributed by atoms with Crippen molar-refractivity contribution in [1.82, 2.24) is 5.32 Å². The Kier molecular flexibility index (Phi) is 2.94. The maximum atomic E-state index is 10.5. The zero-order valence-electron chi connectivity index (χ0n) is 5.26. The summed E-state index contributed by atoms with van der Waals surface area (Å²) in [6, 6.07) is -0.269. The Hall–Kier alpha value is -0.280. The molecule has 0 aromatic rings. The van der Waals surface area contributed by atoms with Gasteiger partial charge in [-0.25, -0.2) is 0 Å². The molecule has 0 saturated carbocycles. The van der Waals surface area contributed by atoms with Crippen LogP contribution in [-0.2, 0) is 4.79 Å². The molecule has 0 aromatic carbocycles. The van der Waals surface area contributed by atoms with Gasteiger partial charge in [0.1, 0.15) is 0 Å². The van der Waals surface area contributed by atoms with Crippen molar-refractivity contribution in [3.63, 3.8) is 0 Å². The quantitative estimate of drug-likeness (QED) is 0.489. The van der Waals surface area contributed by atoms with E-state index in [4.69, 9.17) is 5.73 Å². The summed E-state index contributed by atoms with van der Waals surface area (Å²) >= 11 is 0. The summed E-state index contributed by atoms with van der Waals surface area (Å²) in [4.78, 5) is 10.5. The molecule has 0 aliphatic carbocycles. The molecule has 4 heteroatoms. The summed E-state index contributed by atoms with van der Waals surface area (Å²) < 4.78 is 0. The zero-order valence-corrected chi connectivity index (χ0v) is 6.07. The van der Waals surface area contributed by atoms with Crippen molar-refractivity contribution >= 4 is 18.3 Å². The van der Waals surface area contributed by atoms with Crippen molar-refractivity contribution in [2.45, 2.75) is 13.0 Å². The first-order valence-corrected chi connectivity index (χ1v) is 2.75. The first kappa shape index (κ1) is 8.72. The van der Waals surface area contributed by atoms with Gasteiger partial charge in [0.2, 0.25) is 5.91 Å². The van der Waals surface area contributed by atoms with Crippen molar-refractivity contribution in [3.05, 3.63) is 0 Å². The van der Waals surface area contributed by atoms with Crippen LogP contribution in [0.5, 0.6) is 0 Å². The summed E-state index contributed by atoms with van der Waals surface area (Å²) in [6.07, 6.45) is 0. The van der Waals surface area contributed by atoms with Gasteiger partial charge in [0.25, 0.3) is 0 Å². The van der Waals surface area contributed by atoms with Crippen LogP contribution in [0.3, 0.4) is 0 Å².